The molecule has 1 heterocycles. The van der Waals surface area contributed by atoms with Crippen molar-refractivity contribution in [1.29, 1.82) is 0 Å². The van der Waals surface area contributed by atoms with Gasteiger partial charge in [0.2, 0.25) is 29.4 Å². The molecule has 0 aliphatic heterocycles. The summed E-state index contributed by atoms with van der Waals surface area (Å²) in [5.41, 5.74) is 1.23. The zero-order valence-electron chi connectivity index (χ0n) is 30.2. The van der Waals surface area contributed by atoms with Gasteiger partial charge in [0.25, 0.3) is 11.5 Å². The molecule has 5 aliphatic rings. The third kappa shape index (κ3) is 7.83. The number of anilines is 1. The lowest BCUT2D eigenvalue weighted by molar-refractivity contribution is -0.158. The summed E-state index contributed by atoms with van der Waals surface area (Å²) in [4.78, 5) is 93.4. The van der Waals surface area contributed by atoms with Crippen molar-refractivity contribution in [3.63, 3.8) is 0 Å². The predicted octanol–water partition coefficient (Wildman–Crippen LogP) is 1.96. The van der Waals surface area contributed by atoms with E-state index in [1.54, 1.807) is 32.0 Å². The summed E-state index contributed by atoms with van der Waals surface area (Å²) in [6.07, 6.45) is 7.25. The molecule has 13 nitrogen and oxygen atoms in total. The van der Waals surface area contributed by atoms with Crippen molar-refractivity contribution in [2.45, 2.75) is 89.8 Å². The first-order valence-corrected chi connectivity index (χ1v) is 18.6. The number of aromatic nitrogens is 1. The number of ketones is 1. The summed E-state index contributed by atoms with van der Waals surface area (Å²) in [5, 5.41) is 11.0. The number of carbonyl (C=O) groups excluding carboxylic acids is 6. The van der Waals surface area contributed by atoms with Crippen LogP contribution in [0.5, 0.6) is 0 Å². The lowest BCUT2D eigenvalue weighted by Gasteiger charge is -2.59. The standard InChI is InChI=1S/C39H50N6O7/c1-4-40-36(50)31(46)14-13-29(41-34(48)26-12-11-24-8-5-6-9-25(24)18-26)35(49)42-30-10-7-15-45(37(30)51)22-32(47)43-33-27-16-23-17-28(33)21-39(19-23,20-27)38(52)44(2)3/h5-10,15,23,26-29,33H,4,11-14,16-22H2,1-3H3,(H,40,50)(H,41,48)(H,42,49)(H,43,47)/t23?,26?,27?,28?,29-,33?,39?/m0/s1. The molecule has 4 saturated carbocycles. The van der Waals surface area contributed by atoms with Gasteiger partial charge in [-0.25, -0.2) is 0 Å². The second-order valence-electron chi connectivity index (χ2n) is 15.5. The number of pyridine rings is 1. The number of rotatable bonds is 13. The van der Waals surface area contributed by atoms with Crippen LogP contribution in [0.1, 0.15) is 69.4 Å². The van der Waals surface area contributed by atoms with Crippen LogP contribution >= 0.6 is 0 Å². The number of hydrogen-bond donors (Lipinski definition) is 4. The highest BCUT2D eigenvalue weighted by Crippen LogP contribution is 2.60. The van der Waals surface area contributed by atoms with E-state index in [0.717, 1.165) is 44.1 Å². The Morgan fingerprint density at radius 3 is 2.37 bits per heavy atom. The number of nitrogens with zero attached hydrogens (tertiary/aromatic N) is 2. The van der Waals surface area contributed by atoms with Crippen molar-refractivity contribution in [2.24, 2.45) is 29.1 Å². The monoisotopic (exact) mass is 714 g/mol. The van der Waals surface area contributed by atoms with Crippen molar-refractivity contribution >= 4 is 41.0 Å². The van der Waals surface area contributed by atoms with E-state index in [2.05, 4.69) is 21.3 Å². The summed E-state index contributed by atoms with van der Waals surface area (Å²) < 4.78 is 1.23. The Bertz CT molecular complexity index is 1790. The Balaban J connectivity index is 1.11. The number of carbonyl (C=O) groups is 6. The molecule has 7 rings (SSSR count). The molecule has 1 aromatic heterocycles. The van der Waals surface area contributed by atoms with Crippen LogP contribution in [0, 0.1) is 29.1 Å². The minimum absolute atomic E-state index is 0.0603. The Hall–Kier alpha value is -4.81. The number of amides is 5. The summed E-state index contributed by atoms with van der Waals surface area (Å²) in [5.74, 6) is -2.16. The quantitative estimate of drug-likeness (QED) is 0.230. The van der Waals surface area contributed by atoms with E-state index >= 15 is 0 Å². The number of likely N-dealkylation sites (N-methyl/N-ethyl adjacent to an activating group) is 1. The normalized spacial score (nSPS) is 26.0. The Morgan fingerprint density at radius 2 is 1.67 bits per heavy atom. The molecular weight excluding hydrogens is 664 g/mol. The summed E-state index contributed by atoms with van der Waals surface area (Å²) in [7, 11) is 3.60. The van der Waals surface area contributed by atoms with Gasteiger partial charge in [-0.15, -0.1) is 0 Å². The molecule has 4 atom stereocenters. The number of benzene rings is 1. The largest absolute Gasteiger partial charge is 0.351 e. The van der Waals surface area contributed by atoms with E-state index < -0.39 is 29.2 Å². The molecule has 0 spiro atoms. The maximum atomic E-state index is 13.7. The van der Waals surface area contributed by atoms with E-state index in [4.69, 9.17) is 0 Å². The van der Waals surface area contributed by atoms with Crippen LogP contribution in [0.3, 0.4) is 0 Å². The molecule has 278 valence electrons. The van der Waals surface area contributed by atoms with Gasteiger partial charge in [-0.3, -0.25) is 33.6 Å². The van der Waals surface area contributed by atoms with Gasteiger partial charge in [0.15, 0.2) is 0 Å². The molecule has 52 heavy (non-hydrogen) atoms. The number of nitrogens with one attached hydrogen (secondary N) is 4. The van der Waals surface area contributed by atoms with Crippen LogP contribution in [0.2, 0.25) is 0 Å². The van der Waals surface area contributed by atoms with Crippen LogP contribution in [0.4, 0.5) is 5.69 Å². The van der Waals surface area contributed by atoms with Gasteiger partial charge in [0, 0.05) is 45.2 Å². The van der Waals surface area contributed by atoms with Gasteiger partial charge < -0.3 is 30.7 Å². The lowest BCUT2D eigenvalue weighted by atomic mass is 9.47. The van der Waals surface area contributed by atoms with Gasteiger partial charge in [-0.1, -0.05) is 24.3 Å². The predicted molar refractivity (Wildman–Crippen MR) is 193 cm³/mol. The second kappa shape index (κ2) is 15.4. The van der Waals surface area contributed by atoms with E-state index in [9.17, 15) is 33.6 Å². The zero-order chi connectivity index (χ0) is 37.2. The van der Waals surface area contributed by atoms with Crippen molar-refractivity contribution in [1.82, 2.24) is 25.4 Å². The number of hydrogen-bond acceptors (Lipinski definition) is 7. The fourth-order valence-corrected chi connectivity index (χ4v) is 9.49. The summed E-state index contributed by atoms with van der Waals surface area (Å²) >= 11 is 0. The first-order chi connectivity index (χ1) is 24.9. The Kier molecular flexibility index (Phi) is 11.0. The highest BCUT2D eigenvalue weighted by molar-refractivity contribution is 6.36. The Morgan fingerprint density at radius 1 is 0.962 bits per heavy atom. The molecule has 4 bridgehead atoms. The van der Waals surface area contributed by atoms with Crippen LogP contribution in [-0.4, -0.2) is 77.5 Å². The first-order valence-electron chi connectivity index (χ1n) is 18.6. The van der Waals surface area contributed by atoms with Gasteiger partial charge in [-0.05, 0) is 106 Å². The number of aryl methyl sites for hydroxylation is 1. The first kappa shape index (κ1) is 37.0. The molecular formula is C39H50N6O7. The van der Waals surface area contributed by atoms with Crippen LogP contribution in [-0.2, 0) is 48.2 Å². The minimum Gasteiger partial charge on any atom is -0.351 e. The highest BCUT2D eigenvalue weighted by Gasteiger charge is 2.59. The van der Waals surface area contributed by atoms with Gasteiger partial charge in [0.05, 0.1) is 5.41 Å². The van der Waals surface area contributed by atoms with Crippen molar-refractivity contribution in [3.8, 4) is 0 Å². The third-order valence-electron chi connectivity index (χ3n) is 11.7. The lowest BCUT2D eigenvalue weighted by Crippen LogP contribution is -2.62. The third-order valence-corrected chi connectivity index (χ3v) is 11.7. The van der Waals surface area contributed by atoms with Gasteiger partial charge in [0.1, 0.15) is 18.3 Å². The molecule has 13 heteroatoms. The molecule has 1 aromatic carbocycles. The maximum absolute atomic E-state index is 13.7. The van der Waals surface area contributed by atoms with Crippen molar-refractivity contribution in [3.05, 3.63) is 64.1 Å². The Labute approximate surface area is 303 Å². The molecule has 0 radical (unpaired) electrons. The SMILES string of the molecule is CCNC(=O)C(=O)CC[C@H](NC(=O)C1CCc2ccccc2C1)C(=O)Nc1cccn(CC(=O)NC2C3CC4CC2CC(C(=O)N(C)C)(C4)C3)c1=O. The molecule has 5 amide bonds. The average molecular weight is 715 g/mol. The highest BCUT2D eigenvalue weighted by atomic mass is 16.2. The van der Waals surface area contributed by atoms with E-state index in [-0.39, 0.29) is 78.6 Å². The van der Waals surface area contributed by atoms with Gasteiger partial charge >= 0.3 is 0 Å². The molecule has 3 unspecified atom stereocenters. The van der Waals surface area contributed by atoms with Crippen LogP contribution < -0.4 is 26.8 Å². The van der Waals surface area contributed by atoms with E-state index in [0.29, 0.717) is 18.8 Å². The van der Waals surface area contributed by atoms with Crippen LogP contribution in [0.25, 0.3) is 0 Å². The molecule has 4 N–H and O–H groups in total. The average Bonchev–Trinajstić information content (AvgIpc) is 3.12. The minimum atomic E-state index is -1.20. The second-order valence-corrected chi connectivity index (χ2v) is 15.5. The number of Topliss-reactive ketones (excluding diaryl/α,β-unsaturated/α-hetero) is 1. The zero-order valence-corrected chi connectivity index (χ0v) is 30.2. The fraction of sp³-hybridized carbons (Fsp3) is 0.564. The smallest absolute Gasteiger partial charge is 0.287 e. The van der Waals surface area contributed by atoms with E-state index in [1.807, 2.05) is 24.3 Å². The number of fused-ring (bicyclic) bond motifs is 1. The molecule has 2 aromatic rings. The summed E-state index contributed by atoms with van der Waals surface area (Å²) in [6.45, 7) is 1.70. The van der Waals surface area contributed by atoms with Crippen molar-refractivity contribution < 1.29 is 28.8 Å². The summed E-state index contributed by atoms with van der Waals surface area (Å²) in [6, 6.07) is 9.62. The maximum Gasteiger partial charge on any atom is 0.287 e. The topological polar surface area (TPSA) is 176 Å². The molecule has 0 saturated heterocycles. The van der Waals surface area contributed by atoms with E-state index in [1.165, 1.54) is 22.4 Å². The van der Waals surface area contributed by atoms with Crippen LogP contribution in [0.15, 0.2) is 47.4 Å². The van der Waals surface area contributed by atoms with Gasteiger partial charge in [-0.2, -0.15) is 0 Å². The van der Waals surface area contributed by atoms with Crippen molar-refractivity contribution in [2.75, 3.05) is 26.0 Å². The molecule has 4 fully saturated rings. The molecule has 5 aliphatic carbocycles. The fourth-order valence-electron chi connectivity index (χ4n) is 9.49.